The molecule has 432 valence electrons. The number of hydrogen-bond acceptors (Lipinski definition) is 14. The number of nitrogens with one attached hydrogen (secondary N) is 4. The quantitative estimate of drug-likeness (QED) is 0.0246. The molecular formula is C58H75N7O14S. The summed E-state index contributed by atoms with van der Waals surface area (Å²) < 4.78 is 9.59. The molecular weight excluding hydrogens is 1050 g/mol. The Bertz CT molecular complexity index is 2770. The number of rotatable bonds is 31. The summed E-state index contributed by atoms with van der Waals surface area (Å²) in [6.07, 6.45) is 2.87. The molecule has 0 aliphatic carbocycles. The van der Waals surface area contributed by atoms with Crippen LogP contribution in [0.2, 0.25) is 0 Å². The van der Waals surface area contributed by atoms with Gasteiger partial charge in [-0.05, 0) is 101 Å². The average Bonchev–Trinajstić information content (AvgIpc) is 3.77. The van der Waals surface area contributed by atoms with Gasteiger partial charge >= 0.3 is 17.9 Å². The minimum Gasteiger partial charge on any atom is -0.480 e. The van der Waals surface area contributed by atoms with E-state index < -0.39 is 63.8 Å². The summed E-state index contributed by atoms with van der Waals surface area (Å²) in [5.41, 5.74) is 3.03. The maximum Gasteiger partial charge on any atom is 0.327 e. The Kier molecular flexibility index (Phi) is 23.8. The van der Waals surface area contributed by atoms with Gasteiger partial charge in [0.2, 0.25) is 29.5 Å². The van der Waals surface area contributed by atoms with Crippen molar-refractivity contribution in [3.8, 4) is 11.5 Å². The van der Waals surface area contributed by atoms with Crippen LogP contribution in [-0.2, 0) is 43.2 Å². The highest BCUT2D eigenvalue weighted by Gasteiger charge is 2.64. The van der Waals surface area contributed by atoms with Gasteiger partial charge in [-0.2, -0.15) is 0 Å². The number of carbonyl (C=O) groups is 11. The van der Waals surface area contributed by atoms with Crippen LogP contribution >= 0.6 is 11.8 Å². The van der Waals surface area contributed by atoms with Crippen LogP contribution in [0.3, 0.4) is 0 Å². The van der Waals surface area contributed by atoms with E-state index in [9.17, 15) is 57.8 Å². The predicted octanol–water partition coefficient (Wildman–Crippen LogP) is 4.99. The fourth-order valence-electron chi connectivity index (χ4n) is 9.51. The van der Waals surface area contributed by atoms with Crippen LogP contribution in [0.25, 0.3) is 0 Å². The summed E-state index contributed by atoms with van der Waals surface area (Å²) in [7, 11) is 1.64. The van der Waals surface area contributed by atoms with Crippen molar-refractivity contribution in [2.45, 2.75) is 140 Å². The summed E-state index contributed by atoms with van der Waals surface area (Å²) in [5, 5.41) is 20.5. The zero-order chi connectivity index (χ0) is 58.7. The number of para-hydroxylation sites is 1. The summed E-state index contributed by atoms with van der Waals surface area (Å²) in [5.74, 6) is -6.68. The van der Waals surface area contributed by atoms with Crippen molar-refractivity contribution >= 4 is 76.8 Å². The van der Waals surface area contributed by atoms with Gasteiger partial charge in [-0.1, -0.05) is 48.5 Å². The number of thioether (sulfide) groups is 1. The van der Waals surface area contributed by atoms with E-state index in [4.69, 9.17) is 9.47 Å². The molecule has 2 saturated heterocycles. The first-order valence-corrected chi connectivity index (χ1v) is 27.9. The van der Waals surface area contributed by atoms with Crippen LogP contribution in [0.15, 0.2) is 66.7 Å². The third-order valence-corrected chi connectivity index (χ3v) is 15.6. The number of fused-ring (bicyclic) bond motifs is 1. The van der Waals surface area contributed by atoms with Crippen LogP contribution in [0.5, 0.6) is 11.5 Å². The largest absolute Gasteiger partial charge is 0.480 e. The molecule has 0 bridgehead atoms. The van der Waals surface area contributed by atoms with Gasteiger partial charge in [-0.25, -0.2) is 4.79 Å². The molecule has 5 N–H and O–H groups in total. The first-order valence-electron chi connectivity index (χ1n) is 27.0. The number of nitrogens with zero attached hydrogens (tertiary/aromatic N) is 3. The fraction of sp³-hybridized carbons (Fsp3) is 0.500. The van der Waals surface area contributed by atoms with E-state index in [-0.39, 0.29) is 91.7 Å². The number of unbranched alkanes of at least 4 members (excludes halogenated alkanes) is 3. The molecule has 0 radical (unpaired) electrons. The number of carbonyl (C=O) groups excluding carboxylic acids is 10. The first-order chi connectivity index (χ1) is 38.0. The van der Waals surface area contributed by atoms with Crippen molar-refractivity contribution in [1.29, 1.82) is 0 Å². The number of aryl methyl sites for hydroxylation is 1. The first kappa shape index (κ1) is 63.2. The summed E-state index contributed by atoms with van der Waals surface area (Å²) in [6, 6.07) is 16.5. The third-order valence-electron chi connectivity index (χ3n) is 14.0. The maximum atomic E-state index is 13.7. The SMILES string of the molecule is CC(=O)Oc1cccc(C(=O)NCCCN(CCCCNC(=O)c2cccc(C)c2C)C(=O)CCC(=O)NCCCCCN(C)C(=O)CCC(=O)C[C@@H](C(=O)N[C@@H]2C(=O)N3C2SC(C)(C)[C@@H]3C(=O)O)c2ccccc2)c1OC(C)=O. The molecule has 0 spiro atoms. The van der Waals surface area contributed by atoms with Gasteiger partial charge in [-0.3, -0.25) is 47.9 Å². The van der Waals surface area contributed by atoms with E-state index in [0.29, 0.717) is 75.8 Å². The Morgan fingerprint density at radius 1 is 0.688 bits per heavy atom. The minimum atomic E-state index is -1.12. The topological polar surface area (TPSA) is 284 Å². The van der Waals surface area contributed by atoms with Gasteiger partial charge in [0, 0.05) is 103 Å². The highest BCUT2D eigenvalue weighted by atomic mass is 32.2. The second-order valence-electron chi connectivity index (χ2n) is 20.5. The molecule has 2 heterocycles. The second kappa shape index (κ2) is 30.1. The van der Waals surface area contributed by atoms with Crippen LogP contribution in [0.4, 0.5) is 0 Å². The van der Waals surface area contributed by atoms with E-state index in [1.165, 1.54) is 46.7 Å². The maximum absolute atomic E-state index is 13.7. The van der Waals surface area contributed by atoms with Gasteiger partial charge < -0.3 is 50.5 Å². The van der Waals surface area contributed by atoms with Crippen molar-refractivity contribution < 1.29 is 67.3 Å². The number of amides is 7. The van der Waals surface area contributed by atoms with E-state index in [1.807, 2.05) is 26.0 Å². The molecule has 4 atom stereocenters. The summed E-state index contributed by atoms with van der Waals surface area (Å²) >= 11 is 1.31. The number of Topliss-reactive ketones (excluding diaryl/α,β-unsaturated/α-hetero) is 1. The molecule has 1 unspecified atom stereocenters. The Labute approximate surface area is 471 Å². The van der Waals surface area contributed by atoms with E-state index in [0.717, 1.165) is 18.1 Å². The van der Waals surface area contributed by atoms with Gasteiger partial charge in [0.15, 0.2) is 11.5 Å². The van der Waals surface area contributed by atoms with Gasteiger partial charge in [-0.15, -0.1) is 11.8 Å². The standard InChI is InChI=1S/C58H75N7O14S/c1-36-19-16-22-42(37(36)2)52(72)60-30-13-15-33-64(34-18-31-61-53(73)43-23-17-24-45(78-38(3)66)50(43)79-39(4)67)48(71)28-26-46(69)59-29-12-9-14-32-63(7)47(70)27-25-41(68)35-44(40-20-10-8-11-21-40)54(74)62-49-55(75)65-51(57(76)77)58(5,6)80-56(49)65/h8,10-11,16-17,19-24,44,49,51,56H,9,12-15,18,25-35H2,1-7H3,(H,59,69)(H,60,72)(H,61,73)(H,62,74)(H,76,77)/t44-,49-,51+,56?/m1/s1. The number of ether oxygens (including phenoxy) is 2. The molecule has 3 aromatic carbocycles. The average molecular weight is 1130 g/mol. The predicted molar refractivity (Wildman–Crippen MR) is 298 cm³/mol. The van der Waals surface area contributed by atoms with Crippen LogP contribution in [0, 0.1) is 13.8 Å². The fourth-order valence-corrected chi connectivity index (χ4v) is 11.1. The molecule has 2 aliphatic heterocycles. The second-order valence-corrected chi connectivity index (χ2v) is 22.3. The number of carboxylic acid groups (broad SMARTS) is 1. The van der Waals surface area contributed by atoms with E-state index in [2.05, 4.69) is 21.3 Å². The van der Waals surface area contributed by atoms with Crippen molar-refractivity contribution in [2.75, 3.05) is 46.3 Å². The number of benzene rings is 3. The summed E-state index contributed by atoms with van der Waals surface area (Å²) in [4.78, 5) is 146. The van der Waals surface area contributed by atoms with E-state index >= 15 is 0 Å². The number of aliphatic carboxylic acids is 1. The van der Waals surface area contributed by atoms with Gasteiger partial charge in [0.25, 0.3) is 11.8 Å². The number of ketones is 1. The highest BCUT2D eigenvalue weighted by molar-refractivity contribution is 8.01. The molecule has 3 aromatic rings. The molecule has 2 aliphatic rings. The Balaban J connectivity index is 1.02. The normalized spacial score (nSPS) is 16.2. The zero-order valence-corrected chi connectivity index (χ0v) is 47.5. The lowest BCUT2D eigenvalue weighted by Gasteiger charge is -2.44. The molecule has 22 heteroatoms. The minimum absolute atomic E-state index is 0.0305. The number of carboxylic acids is 1. The number of hydrogen-bond donors (Lipinski definition) is 5. The molecule has 0 aromatic heterocycles. The van der Waals surface area contributed by atoms with Gasteiger partial charge in [0.1, 0.15) is 23.2 Å². The van der Waals surface area contributed by atoms with Crippen molar-refractivity contribution in [1.82, 2.24) is 36.0 Å². The third kappa shape index (κ3) is 18.0. The molecule has 5 rings (SSSR count). The zero-order valence-electron chi connectivity index (χ0n) is 46.7. The summed E-state index contributed by atoms with van der Waals surface area (Å²) in [6.45, 7) is 11.5. The molecule has 2 fully saturated rings. The van der Waals surface area contributed by atoms with Crippen LogP contribution < -0.4 is 30.7 Å². The van der Waals surface area contributed by atoms with Crippen molar-refractivity contribution in [3.05, 3.63) is 94.5 Å². The number of β-lactam (4-membered cyclic amide) rings is 1. The van der Waals surface area contributed by atoms with Crippen molar-refractivity contribution in [3.63, 3.8) is 0 Å². The van der Waals surface area contributed by atoms with Crippen LogP contribution in [-0.4, -0.2) is 153 Å². The van der Waals surface area contributed by atoms with Crippen molar-refractivity contribution in [2.24, 2.45) is 0 Å². The molecule has 7 amide bonds. The number of esters is 2. The molecule has 0 saturated carbocycles. The van der Waals surface area contributed by atoms with Gasteiger partial charge in [0.05, 0.1) is 11.5 Å². The van der Waals surface area contributed by atoms with Crippen LogP contribution in [0.1, 0.15) is 142 Å². The Morgan fingerprint density at radius 2 is 1.29 bits per heavy atom. The smallest absolute Gasteiger partial charge is 0.327 e. The molecule has 21 nitrogen and oxygen atoms in total. The lowest BCUT2D eigenvalue weighted by atomic mass is 9.90. The highest BCUT2D eigenvalue weighted by Crippen LogP contribution is 2.51. The lowest BCUT2D eigenvalue weighted by molar-refractivity contribution is -0.161. The lowest BCUT2D eigenvalue weighted by Crippen LogP contribution is -2.70. The Hall–Kier alpha value is -7.62. The Morgan fingerprint density at radius 3 is 1.98 bits per heavy atom. The monoisotopic (exact) mass is 1130 g/mol. The van der Waals surface area contributed by atoms with E-state index in [1.54, 1.807) is 62.2 Å². The molecule has 80 heavy (non-hydrogen) atoms.